The predicted octanol–water partition coefficient (Wildman–Crippen LogP) is 3.05. The number of halogens is 2. The topological polar surface area (TPSA) is 44.0 Å². The highest BCUT2D eigenvalue weighted by molar-refractivity contribution is 9.10. The van der Waals surface area contributed by atoms with Gasteiger partial charge in [0.05, 0.1) is 18.4 Å². The fraction of sp³-hybridized carbons (Fsp3) is 0.400. The molecule has 6 heteroatoms. The Morgan fingerprint density at radius 2 is 2.10 bits per heavy atom. The molecule has 1 unspecified atom stereocenters. The number of aromatic nitrogens is 2. The molecule has 1 fully saturated rings. The molecule has 1 aromatic heterocycles. The third kappa shape index (κ3) is 4.30. The molecule has 0 bridgehead atoms. The first-order valence-electron chi connectivity index (χ1n) is 6.96. The summed E-state index contributed by atoms with van der Waals surface area (Å²) >= 11 is 3.46. The first-order valence-corrected chi connectivity index (χ1v) is 7.75. The van der Waals surface area contributed by atoms with Crippen LogP contribution >= 0.6 is 28.3 Å². The van der Waals surface area contributed by atoms with Gasteiger partial charge in [0.2, 0.25) is 0 Å². The zero-order valence-corrected chi connectivity index (χ0v) is 14.4. The summed E-state index contributed by atoms with van der Waals surface area (Å²) < 4.78 is 1.09. The Bertz CT molecular complexity index is 569. The molecule has 114 valence electrons. The Morgan fingerprint density at radius 3 is 2.81 bits per heavy atom. The minimum absolute atomic E-state index is 0. The second kappa shape index (κ2) is 7.40. The van der Waals surface area contributed by atoms with Crippen molar-refractivity contribution in [1.29, 1.82) is 0 Å². The van der Waals surface area contributed by atoms with Gasteiger partial charge in [-0.1, -0.05) is 28.1 Å². The second-order valence-electron chi connectivity index (χ2n) is 5.34. The van der Waals surface area contributed by atoms with Crippen molar-refractivity contribution in [1.82, 2.24) is 20.2 Å². The minimum atomic E-state index is 0. The van der Waals surface area contributed by atoms with Gasteiger partial charge in [0.25, 0.3) is 0 Å². The molecule has 2 aromatic rings. The monoisotopic (exact) mass is 370 g/mol. The van der Waals surface area contributed by atoms with Crippen LogP contribution in [0.5, 0.6) is 0 Å². The molecule has 0 aliphatic carbocycles. The second-order valence-corrected chi connectivity index (χ2v) is 6.26. The smallest absolute Gasteiger partial charge is 0.120 e. The van der Waals surface area contributed by atoms with Gasteiger partial charge < -0.3 is 10.3 Å². The summed E-state index contributed by atoms with van der Waals surface area (Å²) in [6, 6.07) is 8.84. The molecule has 1 aromatic carbocycles. The van der Waals surface area contributed by atoms with Crippen LogP contribution in [0, 0.1) is 0 Å². The van der Waals surface area contributed by atoms with E-state index in [2.05, 4.69) is 55.2 Å². The number of rotatable bonds is 3. The van der Waals surface area contributed by atoms with E-state index < -0.39 is 0 Å². The quantitative estimate of drug-likeness (QED) is 0.871. The Morgan fingerprint density at radius 1 is 1.33 bits per heavy atom. The molecule has 1 aliphatic rings. The maximum absolute atomic E-state index is 4.50. The molecule has 21 heavy (non-hydrogen) atoms. The molecule has 1 saturated heterocycles. The SMILES string of the molecule is CC1CN(Cc2ncc(-c3ccc(Br)cc3)[nH]2)CCN1.Cl. The molecule has 1 aliphatic heterocycles. The van der Waals surface area contributed by atoms with Crippen molar-refractivity contribution < 1.29 is 0 Å². The van der Waals surface area contributed by atoms with E-state index in [9.17, 15) is 0 Å². The van der Waals surface area contributed by atoms with E-state index in [-0.39, 0.29) is 12.4 Å². The largest absolute Gasteiger partial charge is 0.341 e. The average Bonchev–Trinajstić information content (AvgIpc) is 2.88. The van der Waals surface area contributed by atoms with Crippen LogP contribution in [-0.4, -0.2) is 40.5 Å². The van der Waals surface area contributed by atoms with Crippen LogP contribution in [0.4, 0.5) is 0 Å². The van der Waals surface area contributed by atoms with E-state index >= 15 is 0 Å². The molecule has 0 radical (unpaired) electrons. The Hall–Kier alpha value is -0.880. The molecule has 4 nitrogen and oxygen atoms in total. The van der Waals surface area contributed by atoms with Gasteiger partial charge in [-0.3, -0.25) is 4.90 Å². The molecule has 0 amide bonds. The summed E-state index contributed by atoms with van der Waals surface area (Å²) in [7, 11) is 0. The van der Waals surface area contributed by atoms with Crippen LogP contribution in [0.1, 0.15) is 12.7 Å². The summed E-state index contributed by atoms with van der Waals surface area (Å²) in [5, 5.41) is 3.46. The van der Waals surface area contributed by atoms with Gasteiger partial charge in [0.1, 0.15) is 5.82 Å². The van der Waals surface area contributed by atoms with Crippen LogP contribution in [0.15, 0.2) is 34.9 Å². The third-order valence-corrected chi connectivity index (χ3v) is 4.14. The van der Waals surface area contributed by atoms with Gasteiger partial charge in [-0.25, -0.2) is 4.98 Å². The van der Waals surface area contributed by atoms with E-state index in [0.29, 0.717) is 6.04 Å². The van der Waals surface area contributed by atoms with Crippen molar-refractivity contribution in [2.45, 2.75) is 19.5 Å². The van der Waals surface area contributed by atoms with Crippen molar-refractivity contribution >= 4 is 28.3 Å². The molecular weight excluding hydrogens is 352 g/mol. The predicted molar refractivity (Wildman–Crippen MR) is 91.7 cm³/mol. The Balaban J connectivity index is 0.00000161. The van der Waals surface area contributed by atoms with E-state index in [1.165, 1.54) is 5.56 Å². The maximum Gasteiger partial charge on any atom is 0.120 e. The zero-order chi connectivity index (χ0) is 13.9. The van der Waals surface area contributed by atoms with Crippen molar-refractivity contribution in [3.8, 4) is 11.3 Å². The Kier molecular flexibility index (Phi) is 5.81. The number of aromatic amines is 1. The number of imidazole rings is 1. The molecule has 0 saturated carbocycles. The number of H-pyrrole nitrogens is 1. The van der Waals surface area contributed by atoms with Crippen molar-refractivity contribution in [2.75, 3.05) is 19.6 Å². The lowest BCUT2D eigenvalue weighted by molar-refractivity contribution is 0.196. The molecule has 3 rings (SSSR count). The zero-order valence-electron chi connectivity index (χ0n) is 12.0. The molecule has 1 atom stereocenters. The Labute approximate surface area is 139 Å². The van der Waals surface area contributed by atoms with Crippen LogP contribution in [0.2, 0.25) is 0 Å². The summed E-state index contributed by atoms with van der Waals surface area (Å²) in [4.78, 5) is 10.4. The van der Waals surface area contributed by atoms with E-state index in [1.54, 1.807) is 0 Å². The van der Waals surface area contributed by atoms with Gasteiger partial charge in [0, 0.05) is 30.1 Å². The number of nitrogens with one attached hydrogen (secondary N) is 2. The highest BCUT2D eigenvalue weighted by atomic mass is 79.9. The lowest BCUT2D eigenvalue weighted by Crippen LogP contribution is -2.48. The van der Waals surface area contributed by atoms with E-state index in [0.717, 1.165) is 42.2 Å². The maximum atomic E-state index is 4.50. The van der Waals surface area contributed by atoms with Crippen molar-refractivity contribution in [3.05, 3.63) is 40.8 Å². The van der Waals surface area contributed by atoms with Crippen molar-refractivity contribution in [2.24, 2.45) is 0 Å². The normalized spacial score (nSPS) is 19.2. The van der Waals surface area contributed by atoms with E-state index in [4.69, 9.17) is 0 Å². The summed E-state index contributed by atoms with van der Waals surface area (Å²) in [5.41, 5.74) is 2.25. The first-order chi connectivity index (χ1) is 9.70. The van der Waals surface area contributed by atoms with Crippen LogP contribution < -0.4 is 5.32 Å². The van der Waals surface area contributed by atoms with Gasteiger partial charge in [-0.2, -0.15) is 0 Å². The molecule has 2 heterocycles. The van der Waals surface area contributed by atoms with Gasteiger partial charge in [-0.05, 0) is 24.6 Å². The fourth-order valence-electron chi connectivity index (χ4n) is 2.59. The number of benzene rings is 1. The average molecular weight is 372 g/mol. The minimum Gasteiger partial charge on any atom is -0.341 e. The highest BCUT2D eigenvalue weighted by Crippen LogP contribution is 2.20. The fourth-order valence-corrected chi connectivity index (χ4v) is 2.85. The van der Waals surface area contributed by atoms with Gasteiger partial charge in [0.15, 0.2) is 0 Å². The molecule has 0 spiro atoms. The van der Waals surface area contributed by atoms with Gasteiger partial charge in [-0.15, -0.1) is 12.4 Å². The summed E-state index contributed by atoms with van der Waals surface area (Å²) in [6.07, 6.45) is 1.92. The molecular formula is C15H20BrClN4. The van der Waals surface area contributed by atoms with Gasteiger partial charge >= 0.3 is 0 Å². The highest BCUT2D eigenvalue weighted by Gasteiger charge is 2.16. The van der Waals surface area contributed by atoms with Crippen LogP contribution in [0.25, 0.3) is 11.3 Å². The van der Waals surface area contributed by atoms with E-state index in [1.807, 2.05) is 18.3 Å². The third-order valence-electron chi connectivity index (χ3n) is 3.61. The lowest BCUT2D eigenvalue weighted by atomic mass is 10.2. The number of hydrogen-bond acceptors (Lipinski definition) is 3. The van der Waals surface area contributed by atoms with Crippen LogP contribution in [0.3, 0.4) is 0 Å². The first kappa shape index (κ1) is 16.5. The lowest BCUT2D eigenvalue weighted by Gasteiger charge is -2.31. The van der Waals surface area contributed by atoms with Crippen molar-refractivity contribution in [3.63, 3.8) is 0 Å². The van der Waals surface area contributed by atoms with Crippen LogP contribution in [-0.2, 0) is 6.54 Å². The summed E-state index contributed by atoms with van der Waals surface area (Å²) in [6.45, 7) is 6.33. The standard InChI is InChI=1S/C15H19BrN4.ClH/c1-11-9-20(7-6-17-11)10-15-18-8-14(19-15)12-2-4-13(16)5-3-12;/h2-5,8,11,17H,6-7,9-10H2,1H3,(H,18,19);1H. The number of piperazine rings is 1. The number of nitrogens with zero attached hydrogens (tertiary/aromatic N) is 2. The summed E-state index contributed by atoms with van der Waals surface area (Å²) in [5.74, 6) is 1.04. The molecule has 2 N–H and O–H groups in total. The number of hydrogen-bond donors (Lipinski definition) is 2.